The molecule has 0 unspecified atom stereocenters. The summed E-state index contributed by atoms with van der Waals surface area (Å²) in [6.07, 6.45) is 4.72. The molecule has 2 N–H and O–H groups in total. The average Bonchev–Trinajstić information content (AvgIpc) is 2.25. The summed E-state index contributed by atoms with van der Waals surface area (Å²) in [5.41, 5.74) is 0. The molecule has 2 heterocycles. The van der Waals surface area contributed by atoms with Crippen molar-refractivity contribution in [2.45, 2.75) is 25.7 Å². The highest BCUT2D eigenvalue weighted by Crippen LogP contribution is 2.08. The van der Waals surface area contributed by atoms with E-state index < -0.39 is 0 Å². The lowest BCUT2D eigenvalue weighted by Crippen LogP contribution is -2.45. The minimum absolute atomic E-state index is 0.225. The van der Waals surface area contributed by atoms with Crippen molar-refractivity contribution >= 4 is 5.91 Å². The molecule has 0 aromatic rings. The number of likely N-dealkylation sites (tertiary alicyclic amines) is 1. The molecule has 0 aliphatic carbocycles. The van der Waals surface area contributed by atoms with Gasteiger partial charge in [0.25, 0.3) is 0 Å². The van der Waals surface area contributed by atoms with Gasteiger partial charge >= 0.3 is 0 Å². The summed E-state index contributed by atoms with van der Waals surface area (Å²) in [4.78, 5) is 14.0. The Labute approximate surface area is 97.8 Å². The van der Waals surface area contributed by atoms with Crippen molar-refractivity contribution in [1.29, 1.82) is 0 Å². The Morgan fingerprint density at radius 1 is 1.25 bits per heavy atom. The van der Waals surface area contributed by atoms with Crippen LogP contribution in [0, 0.1) is 5.92 Å². The Hall–Kier alpha value is -0.610. The Balaban J connectivity index is 1.51. The zero-order valence-corrected chi connectivity index (χ0v) is 10.0. The van der Waals surface area contributed by atoms with Crippen molar-refractivity contribution in [3.05, 3.63) is 0 Å². The first-order valence-corrected chi connectivity index (χ1v) is 6.54. The molecule has 16 heavy (non-hydrogen) atoms. The van der Waals surface area contributed by atoms with Crippen molar-refractivity contribution < 1.29 is 4.79 Å². The maximum atomic E-state index is 11.5. The van der Waals surface area contributed by atoms with Gasteiger partial charge < -0.3 is 15.5 Å². The maximum absolute atomic E-state index is 11.5. The zero-order chi connectivity index (χ0) is 11.2. The minimum Gasteiger partial charge on any atom is -0.355 e. The number of nitrogens with zero attached hydrogens (tertiary/aromatic N) is 1. The van der Waals surface area contributed by atoms with Gasteiger partial charge in [-0.1, -0.05) is 6.42 Å². The number of carbonyl (C=O) groups is 1. The van der Waals surface area contributed by atoms with Gasteiger partial charge in [0.05, 0.1) is 0 Å². The quantitative estimate of drug-likeness (QED) is 0.702. The third-order valence-corrected chi connectivity index (χ3v) is 3.54. The lowest BCUT2D eigenvalue weighted by atomic mass is 9.99. The Morgan fingerprint density at radius 3 is 2.62 bits per heavy atom. The van der Waals surface area contributed by atoms with Crippen LogP contribution in [-0.4, -0.2) is 50.1 Å². The van der Waals surface area contributed by atoms with Crippen LogP contribution in [0.5, 0.6) is 0 Å². The summed E-state index contributed by atoms with van der Waals surface area (Å²) < 4.78 is 0. The number of rotatable bonds is 5. The Bertz CT molecular complexity index is 222. The van der Waals surface area contributed by atoms with Crippen LogP contribution in [0.3, 0.4) is 0 Å². The molecule has 2 aliphatic heterocycles. The van der Waals surface area contributed by atoms with Gasteiger partial charge in [0.15, 0.2) is 0 Å². The van der Waals surface area contributed by atoms with E-state index in [0.29, 0.717) is 12.3 Å². The van der Waals surface area contributed by atoms with E-state index in [2.05, 4.69) is 15.5 Å². The summed E-state index contributed by atoms with van der Waals surface area (Å²) >= 11 is 0. The van der Waals surface area contributed by atoms with E-state index in [1.807, 2.05) is 0 Å². The van der Waals surface area contributed by atoms with E-state index in [1.54, 1.807) is 0 Å². The molecule has 1 amide bonds. The Morgan fingerprint density at radius 2 is 2.00 bits per heavy atom. The zero-order valence-electron chi connectivity index (χ0n) is 10.0. The van der Waals surface area contributed by atoms with Gasteiger partial charge in [-0.2, -0.15) is 0 Å². The fourth-order valence-corrected chi connectivity index (χ4v) is 2.36. The highest BCUT2D eigenvalue weighted by atomic mass is 16.1. The predicted molar refractivity (Wildman–Crippen MR) is 64.3 cm³/mol. The van der Waals surface area contributed by atoms with Crippen LogP contribution in [0.4, 0.5) is 0 Å². The van der Waals surface area contributed by atoms with E-state index >= 15 is 0 Å². The van der Waals surface area contributed by atoms with Gasteiger partial charge in [-0.25, -0.2) is 0 Å². The lowest BCUT2D eigenvalue weighted by Gasteiger charge is -2.28. The van der Waals surface area contributed by atoms with Gasteiger partial charge in [-0.15, -0.1) is 0 Å². The van der Waals surface area contributed by atoms with Crippen molar-refractivity contribution in [2.24, 2.45) is 5.92 Å². The van der Waals surface area contributed by atoms with Crippen LogP contribution in [0.25, 0.3) is 0 Å². The molecule has 92 valence electrons. The predicted octanol–water partition coefficient (Wildman–Crippen LogP) is 0.198. The van der Waals surface area contributed by atoms with Gasteiger partial charge in [0.2, 0.25) is 5.91 Å². The van der Waals surface area contributed by atoms with Gasteiger partial charge in [-0.3, -0.25) is 4.79 Å². The third kappa shape index (κ3) is 3.76. The van der Waals surface area contributed by atoms with Gasteiger partial charge in [0.1, 0.15) is 0 Å². The SMILES string of the molecule is O=C(CC1CNC1)NCCN1CCCCC1. The molecule has 4 nitrogen and oxygen atoms in total. The molecule has 2 fully saturated rings. The normalized spacial score (nSPS) is 22.8. The van der Waals surface area contributed by atoms with E-state index in [9.17, 15) is 4.79 Å². The molecule has 0 atom stereocenters. The van der Waals surface area contributed by atoms with Gasteiger partial charge in [0, 0.05) is 19.5 Å². The van der Waals surface area contributed by atoms with E-state index in [0.717, 1.165) is 26.2 Å². The summed E-state index contributed by atoms with van der Waals surface area (Å²) in [5, 5.41) is 6.21. The summed E-state index contributed by atoms with van der Waals surface area (Å²) in [6.45, 7) is 6.29. The fraction of sp³-hybridized carbons (Fsp3) is 0.917. The van der Waals surface area contributed by atoms with Crippen molar-refractivity contribution in [3.63, 3.8) is 0 Å². The van der Waals surface area contributed by atoms with Crippen LogP contribution in [0.1, 0.15) is 25.7 Å². The molecule has 0 saturated carbocycles. The standard InChI is InChI=1S/C12H23N3O/c16-12(8-11-9-13-10-11)14-4-7-15-5-2-1-3-6-15/h11,13H,1-10H2,(H,14,16). The molecule has 2 saturated heterocycles. The number of hydrogen-bond donors (Lipinski definition) is 2. The number of nitrogens with one attached hydrogen (secondary N) is 2. The highest BCUT2D eigenvalue weighted by molar-refractivity contribution is 5.76. The lowest BCUT2D eigenvalue weighted by molar-refractivity contribution is -0.122. The monoisotopic (exact) mass is 225 g/mol. The number of piperidine rings is 1. The molecular weight excluding hydrogens is 202 g/mol. The van der Waals surface area contributed by atoms with Crippen LogP contribution in [-0.2, 0) is 4.79 Å². The van der Waals surface area contributed by atoms with Crippen molar-refractivity contribution in [2.75, 3.05) is 39.3 Å². The van der Waals surface area contributed by atoms with E-state index in [4.69, 9.17) is 0 Å². The summed E-state index contributed by atoms with van der Waals surface area (Å²) in [6, 6.07) is 0. The van der Waals surface area contributed by atoms with Crippen LogP contribution < -0.4 is 10.6 Å². The number of carbonyl (C=O) groups excluding carboxylic acids is 1. The molecular formula is C12H23N3O. The summed E-state index contributed by atoms with van der Waals surface area (Å²) in [7, 11) is 0. The van der Waals surface area contributed by atoms with E-state index in [-0.39, 0.29) is 5.91 Å². The van der Waals surface area contributed by atoms with Crippen LogP contribution in [0.2, 0.25) is 0 Å². The fourth-order valence-electron chi connectivity index (χ4n) is 2.36. The van der Waals surface area contributed by atoms with Crippen molar-refractivity contribution in [1.82, 2.24) is 15.5 Å². The molecule has 0 bridgehead atoms. The first kappa shape index (κ1) is 11.9. The summed E-state index contributed by atoms with van der Waals surface area (Å²) in [5.74, 6) is 0.804. The molecule has 2 aliphatic rings. The molecule has 4 heteroatoms. The minimum atomic E-state index is 0.225. The number of hydrogen-bond acceptors (Lipinski definition) is 3. The second kappa shape index (κ2) is 6.21. The topological polar surface area (TPSA) is 44.4 Å². The van der Waals surface area contributed by atoms with Gasteiger partial charge in [-0.05, 0) is 44.9 Å². The molecule has 2 rings (SSSR count). The van der Waals surface area contributed by atoms with Crippen LogP contribution in [0.15, 0.2) is 0 Å². The van der Waals surface area contributed by atoms with E-state index in [1.165, 1.54) is 32.4 Å². The average molecular weight is 225 g/mol. The first-order chi connectivity index (χ1) is 7.84. The smallest absolute Gasteiger partial charge is 0.220 e. The molecule has 0 aromatic heterocycles. The second-order valence-corrected chi connectivity index (χ2v) is 4.98. The third-order valence-electron chi connectivity index (χ3n) is 3.54. The van der Waals surface area contributed by atoms with Crippen LogP contribution >= 0.6 is 0 Å². The highest BCUT2D eigenvalue weighted by Gasteiger charge is 2.19. The largest absolute Gasteiger partial charge is 0.355 e. The van der Waals surface area contributed by atoms with Crippen molar-refractivity contribution in [3.8, 4) is 0 Å². The Kier molecular flexibility index (Phi) is 4.60. The molecule has 0 aromatic carbocycles. The maximum Gasteiger partial charge on any atom is 0.220 e. The first-order valence-electron chi connectivity index (χ1n) is 6.54. The second-order valence-electron chi connectivity index (χ2n) is 4.98. The number of amides is 1. The molecule has 0 radical (unpaired) electrons. The molecule has 0 spiro atoms.